The molecule has 0 aromatic heterocycles. The van der Waals surface area contributed by atoms with Crippen molar-refractivity contribution in [3.05, 3.63) is 24.3 Å². The molecule has 0 bridgehead atoms. The third kappa shape index (κ3) is 3.27. The van der Waals surface area contributed by atoms with E-state index in [4.69, 9.17) is 9.84 Å². The third-order valence-electron chi connectivity index (χ3n) is 3.37. The number of carbonyl (C=O) groups excluding carboxylic acids is 1. The van der Waals surface area contributed by atoms with Crippen molar-refractivity contribution >= 4 is 17.6 Å². The molecule has 1 saturated heterocycles. The molecule has 1 aromatic rings. The van der Waals surface area contributed by atoms with Crippen molar-refractivity contribution in [1.82, 2.24) is 0 Å². The van der Waals surface area contributed by atoms with Crippen LogP contribution >= 0.6 is 0 Å². The van der Waals surface area contributed by atoms with Gasteiger partial charge in [0.15, 0.2) is 0 Å². The average molecular weight is 279 g/mol. The van der Waals surface area contributed by atoms with Gasteiger partial charge in [0.25, 0.3) is 5.91 Å². The number of amides is 1. The lowest BCUT2D eigenvalue weighted by Gasteiger charge is -2.40. The molecule has 1 heterocycles. The largest absolute Gasteiger partial charge is 0.508 e. The summed E-state index contributed by atoms with van der Waals surface area (Å²) < 4.78 is 5.50. The zero-order valence-corrected chi connectivity index (χ0v) is 11.2. The Kier molecular flexibility index (Phi) is 3.94. The number of nitrogens with zero attached hydrogens (tertiary/aromatic N) is 1. The van der Waals surface area contributed by atoms with Gasteiger partial charge in [0.05, 0.1) is 12.1 Å². The quantitative estimate of drug-likeness (QED) is 0.869. The lowest BCUT2D eigenvalue weighted by molar-refractivity contribution is -0.142. The molecule has 1 amide bonds. The van der Waals surface area contributed by atoms with Crippen LogP contribution in [0.15, 0.2) is 24.3 Å². The van der Waals surface area contributed by atoms with E-state index in [-0.39, 0.29) is 24.7 Å². The first-order valence-electron chi connectivity index (χ1n) is 6.35. The second-order valence-electron chi connectivity index (χ2n) is 5.13. The number of carbonyl (C=O) groups is 2. The molecule has 1 atom stereocenters. The van der Waals surface area contributed by atoms with E-state index < -0.39 is 11.6 Å². The van der Waals surface area contributed by atoms with Crippen molar-refractivity contribution in [2.45, 2.75) is 25.4 Å². The number of benzene rings is 1. The van der Waals surface area contributed by atoms with Gasteiger partial charge in [-0.05, 0) is 37.6 Å². The van der Waals surface area contributed by atoms with Crippen LogP contribution in [0.4, 0.5) is 5.69 Å². The molecule has 6 nitrogen and oxygen atoms in total. The van der Waals surface area contributed by atoms with Crippen LogP contribution in [-0.4, -0.2) is 40.8 Å². The van der Waals surface area contributed by atoms with Crippen LogP contribution in [0.3, 0.4) is 0 Å². The summed E-state index contributed by atoms with van der Waals surface area (Å²) in [7, 11) is 0. The number of morpholine rings is 1. The Bertz CT molecular complexity index is 513. The average Bonchev–Trinajstić information content (AvgIpc) is 2.41. The Morgan fingerprint density at radius 2 is 2.05 bits per heavy atom. The second-order valence-corrected chi connectivity index (χ2v) is 5.13. The Labute approximate surface area is 116 Å². The number of carboxylic acid groups (broad SMARTS) is 1. The monoisotopic (exact) mass is 279 g/mol. The van der Waals surface area contributed by atoms with Gasteiger partial charge in [-0.2, -0.15) is 0 Å². The first kappa shape index (κ1) is 14.3. The zero-order chi connectivity index (χ0) is 14.8. The van der Waals surface area contributed by atoms with Crippen LogP contribution in [0.25, 0.3) is 0 Å². The molecule has 20 heavy (non-hydrogen) atoms. The van der Waals surface area contributed by atoms with Crippen LogP contribution in [0.1, 0.15) is 19.8 Å². The summed E-state index contributed by atoms with van der Waals surface area (Å²) in [6, 6.07) is 6.31. The number of rotatable bonds is 4. The van der Waals surface area contributed by atoms with E-state index in [9.17, 15) is 14.7 Å². The predicted octanol–water partition coefficient (Wildman–Crippen LogP) is 1.38. The molecule has 108 valence electrons. The molecule has 2 rings (SSSR count). The van der Waals surface area contributed by atoms with Crippen molar-refractivity contribution in [2.24, 2.45) is 0 Å². The number of hydrogen-bond donors (Lipinski definition) is 2. The summed E-state index contributed by atoms with van der Waals surface area (Å²) in [5, 5.41) is 18.0. The molecule has 0 aliphatic carbocycles. The highest BCUT2D eigenvalue weighted by Gasteiger charge is 2.36. The minimum Gasteiger partial charge on any atom is -0.508 e. The molecular weight excluding hydrogens is 262 g/mol. The van der Waals surface area contributed by atoms with E-state index in [2.05, 4.69) is 0 Å². The molecule has 0 saturated carbocycles. The third-order valence-corrected chi connectivity index (χ3v) is 3.37. The topological polar surface area (TPSA) is 87.1 Å². The highest BCUT2D eigenvalue weighted by Crippen LogP contribution is 2.28. The lowest BCUT2D eigenvalue weighted by atomic mass is 9.97. The van der Waals surface area contributed by atoms with Gasteiger partial charge in [-0.3, -0.25) is 9.59 Å². The van der Waals surface area contributed by atoms with Gasteiger partial charge in [0.2, 0.25) is 0 Å². The summed E-state index contributed by atoms with van der Waals surface area (Å²) >= 11 is 0. The minimum atomic E-state index is -0.886. The van der Waals surface area contributed by atoms with Crippen molar-refractivity contribution in [1.29, 1.82) is 0 Å². The number of hydrogen-bond acceptors (Lipinski definition) is 4. The SMILES string of the molecule is CC1(CCC(=O)O)CN(c2ccc(O)cc2)C(=O)CO1. The van der Waals surface area contributed by atoms with Crippen molar-refractivity contribution < 1.29 is 24.5 Å². The maximum absolute atomic E-state index is 11.9. The fourth-order valence-electron chi connectivity index (χ4n) is 2.17. The van der Waals surface area contributed by atoms with Gasteiger partial charge < -0.3 is 19.8 Å². The molecular formula is C14H17NO5. The van der Waals surface area contributed by atoms with E-state index in [1.54, 1.807) is 24.0 Å². The number of phenolic OH excluding ortho intramolecular Hbond substituents is 1. The van der Waals surface area contributed by atoms with Crippen molar-refractivity contribution in [2.75, 3.05) is 18.1 Å². The van der Waals surface area contributed by atoms with Crippen LogP contribution in [-0.2, 0) is 14.3 Å². The Morgan fingerprint density at radius 3 is 2.65 bits per heavy atom. The van der Waals surface area contributed by atoms with E-state index in [0.717, 1.165) is 0 Å². The number of aromatic hydroxyl groups is 1. The number of carboxylic acids is 1. The predicted molar refractivity (Wildman–Crippen MR) is 71.7 cm³/mol. The number of phenols is 1. The first-order chi connectivity index (χ1) is 9.39. The first-order valence-corrected chi connectivity index (χ1v) is 6.35. The smallest absolute Gasteiger partial charge is 0.303 e. The Morgan fingerprint density at radius 1 is 1.40 bits per heavy atom. The van der Waals surface area contributed by atoms with E-state index in [1.165, 1.54) is 12.1 Å². The van der Waals surface area contributed by atoms with E-state index in [1.807, 2.05) is 0 Å². The van der Waals surface area contributed by atoms with Crippen molar-refractivity contribution in [3.8, 4) is 5.75 Å². The van der Waals surface area contributed by atoms with Crippen LogP contribution in [0.2, 0.25) is 0 Å². The van der Waals surface area contributed by atoms with E-state index in [0.29, 0.717) is 18.7 Å². The lowest BCUT2D eigenvalue weighted by Crippen LogP contribution is -2.53. The number of anilines is 1. The van der Waals surface area contributed by atoms with Crippen LogP contribution in [0, 0.1) is 0 Å². The van der Waals surface area contributed by atoms with E-state index >= 15 is 0 Å². The standard InChI is InChI=1S/C14H17NO5/c1-14(7-6-13(18)19)9-15(12(17)8-20-14)10-2-4-11(16)5-3-10/h2-5,16H,6-9H2,1H3,(H,18,19). The van der Waals surface area contributed by atoms with Crippen LogP contribution < -0.4 is 4.90 Å². The maximum Gasteiger partial charge on any atom is 0.303 e. The molecule has 2 N–H and O–H groups in total. The van der Waals surface area contributed by atoms with Gasteiger partial charge >= 0.3 is 5.97 Å². The summed E-state index contributed by atoms with van der Waals surface area (Å²) in [5.74, 6) is -0.936. The van der Waals surface area contributed by atoms with Crippen molar-refractivity contribution in [3.63, 3.8) is 0 Å². The fraction of sp³-hybridized carbons (Fsp3) is 0.429. The second kappa shape index (κ2) is 5.50. The normalized spacial score (nSPS) is 22.9. The Balaban J connectivity index is 2.13. The van der Waals surface area contributed by atoms with Gasteiger partial charge in [0, 0.05) is 12.1 Å². The Hall–Kier alpha value is -2.08. The van der Waals surface area contributed by atoms with Gasteiger partial charge in [-0.15, -0.1) is 0 Å². The highest BCUT2D eigenvalue weighted by atomic mass is 16.5. The molecule has 1 aliphatic rings. The maximum atomic E-state index is 11.9. The van der Waals surface area contributed by atoms with Gasteiger partial charge in [0.1, 0.15) is 12.4 Å². The number of ether oxygens (including phenoxy) is 1. The molecule has 0 radical (unpaired) electrons. The number of aliphatic carboxylic acids is 1. The molecule has 1 unspecified atom stereocenters. The molecule has 0 spiro atoms. The molecule has 1 aromatic carbocycles. The summed E-state index contributed by atoms with van der Waals surface area (Å²) in [6.07, 6.45) is 0.332. The van der Waals surface area contributed by atoms with Gasteiger partial charge in [-0.1, -0.05) is 0 Å². The summed E-state index contributed by atoms with van der Waals surface area (Å²) in [4.78, 5) is 24.2. The zero-order valence-electron chi connectivity index (χ0n) is 11.2. The van der Waals surface area contributed by atoms with Crippen LogP contribution in [0.5, 0.6) is 5.75 Å². The molecule has 1 fully saturated rings. The molecule has 1 aliphatic heterocycles. The molecule has 6 heteroatoms. The van der Waals surface area contributed by atoms with Gasteiger partial charge in [-0.25, -0.2) is 0 Å². The summed E-state index contributed by atoms with van der Waals surface area (Å²) in [5.41, 5.74) is -0.0119. The minimum absolute atomic E-state index is 0.00584. The summed E-state index contributed by atoms with van der Waals surface area (Å²) in [6.45, 7) is 2.02. The fourth-order valence-corrected chi connectivity index (χ4v) is 2.17. The highest BCUT2D eigenvalue weighted by molar-refractivity contribution is 5.95.